The first kappa shape index (κ1) is 14.7. The van der Waals surface area contributed by atoms with Crippen LogP contribution in [0.1, 0.15) is 27.6 Å². The fourth-order valence-corrected chi connectivity index (χ4v) is 2.87. The molecule has 2 aromatic carbocycles. The van der Waals surface area contributed by atoms with Crippen molar-refractivity contribution in [3.8, 4) is 0 Å². The summed E-state index contributed by atoms with van der Waals surface area (Å²) < 4.78 is 0. The second-order valence-corrected chi connectivity index (χ2v) is 6.13. The molecule has 1 unspecified atom stereocenters. The molecule has 0 aliphatic rings. The highest BCUT2D eigenvalue weighted by molar-refractivity contribution is 6.33. The van der Waals surface area contributed by atoms with Crippen molar-refractivity contribution < 1.29 is 0 Å². The summed E-state index contributed by atoms with van der Waals surface area (Å²) in [7, 11) is 0. The highest BCUT2D eigenvalue weighted by Gasteiger charge is 2.14. The summed E-state index contributed by atoms with van der Waals surface area (Å²) in [6, 6.07) is 11.8. The van der Waals surface area contributed by atoms with E-state index in [1.807, 2.05) is 37.3 Å². The standard InChI is InChI=1S/C16H15Cl3/c1-10-7-14(15(18)8-11(10)2)16(19)9-12-3-5-13(17)6-4-12/h3-8,16H,9H2,1-2H3. The maximum absolute atomic E-state index is 6.49. The lowest BCUT2D eigenvalue weighted by molar-refractivity contribution is 0.917. The number of halogens is 3. The maximum atomic E-state index is 6.49. The van der Waals surface area contributed by atoms with Crippen LogP contribution in [0.25, 0.3) is 0 Å². The van der Waals surface area contributed by atoms with E-state index in [0.717, 1.165) is 27.6 Å². The molecular weight excluding hydrogens is 299 g/mol. The van der Waals surface area contributed by atoms with Gasteiger partial charge >= 0.3 is 0 Å². The number of alkyl halides is 1. The normalized spacial score (nSPS) is 12.5. The Labute approximate surface area is 129 Å². The Hall–Kier alpha value is -0.690. The summed E-state index contributed by atoms with van der Waals surface area (Å²) in [5.41, 5.74) is 4.53. The van der Waals surface area contributed by atoms with Crippen LogP contribution >= 0.6 is 34.8 Å². The van der Waals surface area contributed by atoms with Crippen molar-refractivity contribution in [1.82, 2.24) is 0 Å². The molecule has 0 aliphatic carbocycles. The zero-order chi connectivity index (χ0) is 14.0. The summed E-state index contributed by atoms with van der Waals surface area (Å²) >= 11 is 18.6. The molecule has 2 rings (SSSR count). The molecule has 3 heteroatoms. The average Bonchev–Trinajstić information content (AvgIpc) is 2.36. The minimum atomic E-state index is -0.132. The van der Waals surface area contributed by atoms with Crippen LogP contribution in [0.5, 0.6) is 0 Å². The molecule has 2 aromatic rings. The largest absolute Gasteiger partial charge is 0.117 e. The summed E-state index contributed by atoms with van der Waals surface area (Å²) in [4.78, 5) is 0. The lowest BCUT2D eigenvalue weighted by atomic mass is 10.00. The van der Waals surface area contributed by atoms with Crippen LogP contribution < -0.4 is 0 Å². The lowest BCUT2D eigenvalue weighted by Gasteiger charge is -2.14. The molecule has 0 aromatic heterocycles. The predicted molar refractivity (Wildman–Crippen MR) is 84.7 cm³/mol. The Kier molecular flexibility index (Phi) is 4.78. The molecule has 0 radical (unpaired) electrons. The molecule has 0 amide bonds. The Morgan fingerprint density at radius 1 is 0.947 bits per heavy atom. The van der Waals surface area contributed by atoms with Gasteiger partial charge in [-0.15, -0.1) is 11.6 Å². The van der Waals surface area contributed by atoms with Gasteiger partial charge in [0.05, 0.1) is 5.38 Å². The minimum Gasteiger partial charge on any atom is -0.117 e. The minimum absolute atomic E-state index is 0.132. The molecule has 0 bridgehead atoms. The van der Waals surface area contributed by atoms with Gasteiger partial charge in [-0.25, -0.2) is 0 Å². The van der Waals surface area contributed by atoms with Crippen LogP contribution in [0.3, 0.4) is 0 Å². The molecule has 0 heterocycles. The van der Waals surface area contributed by atoms with E-state index in [4.69, 9.17) is 34.8 Å². The summed E-state index contributed by atoms with van der Waals surface area (Å²) in [5.74, 6) is 0. The Morgan fingerprint density at radius 2 is 1.53 bits per heavy atom. The summed E-state index contributed by atoms with van der Waals surface area (Å²) in [5, 5.41) is 1.34. The highest BCUT2D eigenvalue weighted by Crippen LogP contribution is 2.32. The van der Waals surface area contributed by atoms with Crippen molar-refractivity contribution >= 4 is 34.8 Å². The number of hydrogen-bond donors (Lipinski definition) is 0. The van der Waals surface area contributed by atoms with Crippen LogP contribution in [-0.2, 0) is 6.42 Å². The highest BCUT2D eigenvalue weighted by atomic mass is 35.5. The molecule has 100 valence electrons. The average molecular weight is 314 g/mol. The third-order valence-electron chi connectivity index (χ3n) is 3.28. The van der Waals surface area contributed by atoms with Gasteiger partial charge in [-0.05, 0) is 60.7 Å². The van der Waals surface area contributed by atoms with Crippen molar-refractivity contribution in [2.75, 3.05) is 0 Å². The molecule has 0 spiro atoms. The van der Waals surface area contributed by atoms with Gasteiger partial charge in [0.2, 0.25) is 0 Å². The van der Waals surface area contributed by atoms with Crippen LogP contribution in [0.15, 0.2) is 36.4 Å². The number of rotatable bonds is 3. The van der Waals surface area contributed by atoms with Gasteiger partial charge in [0.25, 0.3) is 0 Å². The second kappa shape index (κ2) is 6.17. The molecule has 0 N–H and O–H groups in total. The van der Waals surface area contributed by atoms with Gasteiger partial charge in [-0.2, -0.15) is 0 Å². The fraction of sp³-hybridized carbons (Fsp3) is 0.250. The van der Waals surface area contributed by atoms with Gasteiger partial charge in [0.15, 0.2) is 0 Å². The van der Waals surface area contributed by atoms with Gasteiger partial charge in [0, 0.05) is 10.0 Å². The van der Waals surface area contributed by atoms with Crippen LogP contribution in [0, 0.1) is 13.8 Å². The zero-order valence-corrected chi connectivity index (χ0v) is 13.2. The van der Waals surface area contributed by atoms with Crippen molar-refractivity contribution in [1.29, 1.82) is 0 Å². The molecule has 0 fully saturated rings. The zero-order valence-electron chi connectivity index (χ0n) is 10.9. The number of benzene rings is 2. The Balaban J connectivity index is 2.22. The number of hydrogen-bond acceptors (Lipinski definition) is 0. The Morgan fingerprint density at radius 3 is 2.16 bits per heavy atom. The monoisotopic (exact) mass is 312 g/mol. The van der Waals surface area contributed by atoms with Gasteiger partial charge in [0.1, 0.15) is 0 Å². The lowest BCUT2D eigenvalue weighted by Crippen LogP contribution is -1.98. The van der Waals surface area contributed by atoms with Gasteiger partial charge in [-0.3, -0.25) is 0 Å². The third kappa shape index (κ3) is 3.66. The van der Waals surface area contributed by atoms with Crippen LogP contribution in [-0.4, -0.2) is 0 Å². The first-order valence-electron chi connectivity index (χ1n) is 6.12. The summed E-state index contributed by atoms with van der Waals surface area (Å²) in [6.45, 7) is 4.12. The van der Waals surface area contributed by atoms with Gasteiger partial charge < -0.3 is 0 Å². The smallest absolute Gasteiger partial charge is 0.0640 e. The number of aryl methyl sites for hydroxylation is 2. The van der Waals surface area contributed by atoms with E-state index in [-0.39, 0.29) is 5.38 Å². The van der Waals surface area contributed by atoms with Crippen molar-refractivity contribution in [3.63, 3.8) is 0 Å². The third-order valence-corrected chi connectivity index (χ3v) is 4.25. The molecule has 0 saturated carbocycles. The van der Waals surface area contributed by atoms with E-state index in [9.17, 15) is 0 Å². The van der Waals surface area contributed by atoms with Crippen molar-refractivity contribution in [2.24, 2.45) is 0 Å². The van der Waals surface area contributed by atoms with Crippen LogP contribution in [0.4, 0.5) is 0 Å². The molecule has 1 atom stereocenters. The molecule has 0 aliphatic heterocycles. The maximum Gasteiger partial charge on any atom is 0.0640 e. The van der Waals surface area contributed by atoms with Crippen molar-refractivity contribution in [2.45, 2.75) is 25.6 Å². The molecule has 19 heavy (non-hydrogen) atoms. The SMILES string of the molecule is Cc1cc(Cl)c(C(Cl)Cc2ccc(Cl)cc2)cc1C. The molecule has 0 saturated heterocycles. The topological polar surface area (TPSA) is 0 Å². The fourth-order valence-electron chi connectivity index (χ4n) is 1.98. The molecule has 0 nitrogen and oxygen atoms in total. The summed E-state index contributed by atoms with van der Waals surface area (Å²) in [6.07, 6.45) is 0.737. The predicted octanol–water partition coefficient (Wildman–Crippen LogP) is 6.13. The molecular formula is C16H15Cl3. The van der Waals surface area contributed by atoms with E-state index < -0.39 is 0 Å². The second-order valence-electron chi connectivity index (χ2n) is 4.76. The van der Waals surface area contributed by atoms with E-state index in [2.05, 4.69) is 13.0 Å². The van der Waals surface area contributed by atoms with E-state index in [1.54, 1.807) is 0 Å². The van der Waals surface area contributed by atoms with E-state index >= 15 is 0 Å². The Bertz CT molecular complexity index is 573. The van der Waals surface area contributed by atoms with E-state index in [1.165, 1.54) is 11.1 Å². The van der Waals surface area contributed by atoms with Crippen LogP contribution in [0.2, 0.25) is 10.0 Å². The van der Waals surface area contributed by atoms with Crippen molar-refractivity contribution in [3.05, 3.63) is 68.7 Å². The first-order valence-corrected chi connectivity index (χ1v) is 7.32. The van der Waals surface area contributed by atoms with Gasteiger partial charge in [-0.1, -0.05) is 41.4 Å². The first-order chi connectivity index (χ1) is 8.97. The quantitative estimate of drug-likeness (QED) is 0.598. The van der Waals surface area contributed by atoms with E-state index in [0.29, 0.717) is 0 Å².